The zero-order valence-electron chi connectivity index (χ0n) is 10.4. The number of ether oxygens (including phenoxy) is 1. The molecule has 100 valence electrons. The number of aromatic nitrogens is 1. The van der Waals surface area contributed by atoms with Crippen LogP contribution < -0.4 is 4.74 Å². The van der Waals surface area contributed by atoms with Gasteiger partial charge in [-0.15, -0.1) is 0 Å². The van der Waals surface area contributed by atoms with Crippen LogP contribution in [-0.2, 0) is 0 Å². The van der Waals surface area contributed by atoms with Crippen LogP contribution in [0.3, 0.4) is 0 Å². The van der Waals surface area contributed by atoms with Gasteiger partial charge in [0.1, 0.15) is 17.4 Å². The van der Waals surface area contributed by atoms with Gasteiger partial charge in [-0.1, -0.05) is 0 Å². The molecule has 1 aromatic heterocycles. The molecule has 5 nitrogen and oxygen atoms in total. The van der Waals surface area contributed by atoms with E-state index < -0.39 is 5.97 Å². The molecule has 1 N–H and O–H groups in total. The molecule has 1 aromatic carbocycles. The Morgan fingerprint density at radius 1 is 1.45 bits per heavy atom. The van der Waals surface area contributed by atoms with E-state index >= 15 is 0 Å². The number of aryl methyl sites for hydroxylation is 1. The van der Waals surface area contributed by atoms with Crippen molar-refractivity contribution in [1.29, 1.82) is 5.26 Å². The Balaban J connectivity index is 2.45. The smallest absolute Gasteiger partial charge is 0.335 e. The molecule has 0 amide bonds. The molecule has 0 aliphatic rings. The first-order valence-corrected chi connectivity index (χ1v) is 6.38. The highest BCUT2D eigenvalue weighted by Gasteiger charge is 2.13. The third kappa shape index (κ3) is 2.78. The average Bonchev–Trinajstić information content (AvgIpc) is 2.41. The second-order valence-corrected chi connectivity index (χ2v) is 4.83. The van der Waals surface area contributed by atoms with Crippen LogP contribution in [0, 0.1) is 18.3 Å². The number of hydrogen-bond acceptors (Lipinski definition) is 4. The monoisotopic (exact) mass is 332 g/mol. The summed E-state index contributed by atoms with van der Waals surface area (Å²) >= 11 is 3.27. The van der Waals surface area contributed by atoms with Crippen molar-refractivity contribution in [1.82, 2.24) is 4.98 Å². The molecule has 0 aliphatic carbocycles. The van der Waals surface area contributed by atoms with Crippen LogP contribution in [0.2, 0.25) is 0 Å². The highest BCUT2D eigenvalue weighted by atomic mass is 79.9. The van der Waals surface area contributed by atoms with Crippen molar-refractivity contribution < 1.29 is 14.6 Å². The molecule has 0 aliphatic heterocycles. The lowest BCUT2D eigenvalue weighted by Gasteiger charge is -2.09. The first kappa shape index (κ1) is 14.0. The molecule has 20 heavy (non-hydrogen) atoms. The van der Waals surface area contributed by atoms with Gasteiger partial charge in [-0.3, -0.25) is 0 Å². The first-order chi connectivity index (χ1) is 9.52. The SMILES string of the molecule is Cc1ccnc(Oc2cc(C(=O)O)ccc2Br)c1C#N. The molecule has 0 spiro atoms. The van der Waals surface area contributed by atoms with Crippen molar-refractivity contribution in [2.45, 2.75) is 6.92 Å². The second kappa shape index (κ2) is 5.72. The van der Waals surface area contributed by atoms with E-state index in [1.165, 1.54) is 18.3 Å². The molecule has 2 aromatic rings. The minimum atomic E-state index is -1.06. The van der Waals surface area contributed by atoms with E-state index in [0.717, 1.165) is 5.56 Å². The fourth-order valence-corrected chi connectivity index (χ4v) is 1.89. The molecule has 0 radical (unpaired) electrons. The highest BCUT2D eigenvalue weighted by molar-refractivity contribution is 9.10. The maximum Gasteiger partial charge on any atom is 0.335 e. The van der Waals surface area contributed by atoms with Gasteiger partial charge in [0.2, 0.25) is 5.88 Å². The summed E-state index contributed by atoms with van der Waals surface area (Å²) in [6, 6.07) is 8.12. The van der Waals surface area contributed by atoms with Gasteiger partial charge in [0.15, 0.2) is 0 Å². The summed E-state index contributed by atoms with van der Waals surface area (Å²) in [6.45, 7) is 1.77. The predicted molar refractivity (Wildman–Crippen MR) is 74.9 cm³/mol. The third-order valence-electron chi connectivity index (χ3n) is 2.62. The van der Waals surface area contributed by atoms with Crippen molar-refractivity contribution in [2.75, 3.05) is 0 Å². The van der Waals surface area contributed by atoms with E-state index in [1.807, 2.05) is 6.07 Å². The maximum absolute atomic E-state index is 11.0. The molecule has 6 heteroatoms. The number of benzene rings is 1. The van der Waals surface area contributed by atoms with Crippen LogP contribution in [0.5, 0.6) is 11.6 Å². The van der Waals surface area contributed by atoms with Crippen molar-refractivity contribution in [3.63, 3.8) is 0 Å². The Labute approximate surface area is 123 Å². The van der Waals surface area contributed by atoms with Crippen LogP contribution in [-0.4, -0.2) is 16.1 Å². The number of nitriles is 1. The van der Waals surface area contributed by atoms with E-state index in [0.29, 0.717) is 15.8 Å². The van der Waals surface area contributed by atoms with E-state index in [4.69, 9.17) is 15.1 Å². The number of nitrogens with zero attached hydrogens (tertiary/aromatic N) is 2. The summed E-state index contributed by atoms with van der Waals surface area (Å²) < 4.78 is 6.14. The lowest BCUT2D eigenvalue weighted by atomic mass is 10.2. The average molecular weight is 333 g/mol. The highest BCUT2D eigenvalue weighted by Crippen LogP contribution is 2.31. The second-order valence-electron chi connectivity index (χ2n) is 3.97. The normalized spacial score (nSPS) is 9.85. The molecular formula is C14H9BrN2O3. The summed E-state index contributed by atoms with van der Waals surface area (Å²) in [5.74, 6) is -0.615. The molecule has 1 heterocycles. The van der Waals surface area contributed by atoms with Gasteiger partial charge in [-0.2, -0.15) is 5.26 Å². The van der Waals surface area contributed by atoms with E-state index in [1.54, 1.807) is 19.1 Å². The molecule has 0 saturated heterocycles. The third-order valence-corrected chi connectivity index (χ3v) is 3.28. The summed E-state index contributed by atoms with van der Waals surface area (Å²) in [4.78, 5) is 15.0. The van der Waals surface area contributed by atoms with E-state index in [-0.39, 0.29) is 11.4 Å². The lowest BCUT2D eigenvalue weighted by molar-refractivity contribution is 0.0696. The molecule has 0 fully saturated rings. The molecule has 0 unspecified atom stereocenters. The van der Waals surface area contributed by atoms with Crippen LogP contribution in [0.4, 0.5) is 0 Å². The number of halogens is 1. The minimum absolute atomic E-state index is 0.0920. The van der Waals surface area contributed by atoms with Crippen molar-refractivity contribution in [3.8, 4) is 17.7 Å². The number of aromatic carboxylic acids is 1. The number of carboxylic acid groups (broad SMARTS) is 1. The van der Waals surface area contributed by atoms with E-state index in [2.05, 4.69) is 20.9 Å². The number of rotatable bonds is 3. The summed E-state index contributed by atoms with van der Waals surface area (Å²) in [5, 5.41) is 18.1. The van der Waals surface area contributed by atoms with Gasteiger partial charge in [-0.25, -0.2) is 9.78 Å². The van der Waals surface area contributed by atoms with Crippen molar-refractivity contribution >= 4 is 21.9 Å². The Kier molecular flexibility index (Phi) is 4.01. The Morgan fingerprint density at radius 3 is 2.85 bits per heavy atom. The van der Waals surface area contributed by atoms with Crippen molar-refractivity contribution in [2.24, 2.45) is 0 Å². The Hall–Kier alpha value is -2.39. The molecule has 2 rings (SSSR count). The largest absolute Gasteiger partial charge is 0.478 e. The fraction of sp³-hybridized carbons (Fsp3) is 0.0714. The summed E-state index contributed by atoms with van der Waals surface area (Å²) in [7, 11) is 0. The lowest BCUT2D eigenvalue weighted by Crippen LogP contribution is -1.99. The molecule has 0 atom stereocenters. The molecule has 0 bridgehead atoms. The zero-order valence-corrected chi connectivity index (χ0v) is 12.0. The first-order valence-electron chi connectivity index (χ1n) is 5.59. The number of carbonyl (C=O) groups is 1. The van der Waals surface area contributed by atoms with Crippen LogP contribution in [0.1, 0.15) is 21.5 Å². The van der Waals surface area contributed by atoms with Crippen LogP contribution in [0.15, 0.2) is 34.9 Å². The van der Waals surface area contributed by atoms with Gasteiger partial charge < -0.3 is 9.84 Å². The minimum Gasteiger partial charge on any atom is -0.478 e. The standard InChI is InChI=1S/C14H9BrN2O3/c1-8-4-5-17-13(10(8)7-16)20-12-6-9(14(18)19)2-3-11(12)15/h2-6H,1H3,(H,18,19). The topological polar surface area (TPSA) is 83.2 Å². The summed E-state index contributed by atoms with van der Waals surface area (Å²) in [5.41, 5.74) is 1.15. The van der Waals surface area contributed by atoms with Gasteiger partial charge >= 0.3 is 5.97 Å². The number of carboxylic acids is 1. The van der Waals surface area contributed by atoms with Gasteiger partial charge in [0.05, 0.1) is 10.0 Å². The van der Waals surface area contributed by atoms with Crippen molar-refractivity contribution in [3.05, 3.63) is 51.6 Å². The maximum atomic E-state index is 11.0. The van der Waals surface area contributed by atoms with Crippen LogP contribution >= 0.6 is 15.9 Å². The van der Waals surface area contributed by atoms with Gasteiger partial charge in [-0.05, 0) is 52.7 Å². The number of pyridine rings is 1. The Bertz CT molecular complexity index is 723. The predicted octanol–water partition coefficient (Wildman–Crippen LogP) is 3.51. The van der Waals surface area contributed by atoms with E-state index in [9.17, 15) is 4.79 Å². The van der Waals surface area contributed by atoms with Gasteiger partial charge in [0, 0.05) is 6.20 Å². The zero-order chi connectivity index (χ0) is 14.7. The quantitative estimate of drug-likeness (QED) is 0.929. The summed E-state index contributed by atoms with van der Waals surface area (Å²) in [6.07, 6.45) is 1.53. The Morgan fingerprint density at radius 2 is 2.20 bits per heavy atom. The van der Waals surface area contributed by atoms with Gasteiger partial charge in [0.25, 0.3) is 0 Å². The fourth-order valence-electron chi connectivity index (χ4n) is 1.57. The molecule has 0 saturated carbocycles. The van der Waals surface area contributed by atoms with Crippen LogP contribution in [0.25, 0.3) is 0 Å². The number of hydrogen-bond donors (Lipinski definition) is 1. The molecular weight excluding hydrogens is 324 g/mol.